The lowest BCUT2D eigenvalue weighted by Crippen LogP contribution is -2.32. The molecular formula is C17H24N4. The van der Waals surface area contributed by atoms with E-state index >= 15 is 0 Å². The zero-order valence-corrected chi connectivity index (χ0v) is 13.3. The Morgan fingerprint density at radius 1 is 1.14 bits per heavy atom. The average Bonchev–Trinajstić information content (AvgIpc) is 2.48. The molecule has 0 saturated carbocycles. The Hall–Kier alpha value is -2.10. The summed E-state index contributed by atoms with van der Waals surface area (Å²) in [5.74, 6) is 2.32. The minimum absolute atomic E-state index is 0.336. The van der Waals surface area contributed by atoms with Gasteiger partial charge in [0.05, 0.1) is 0 Å². The van der Waals surface area contributed by atoms with Crippen LogP contribution in [0.25, 0.3) is 0 Å². The van der Waals surface area contributed by atoms with Crippen molar-refractivity contribution in [1.29, 1.82) is 0 Å². The van der Waals surface area contributed by atoms with Gasteiger partial charge in [0, 0.05) is 24.6 Å². The van der Waals surface area contributed by atoms with E-state index in [2.05, 4.69) is 48.0 Å². The van der Waals surface area contributed by atoms with Gasteiger partial charge < -0.3 is 10.6 Å². The fourth-order valence-electron chi connectivity index (χ4n) is 2.29. The van der Waals surface area contributed by atoms with Gasteiger partial charge in [-0.25, -0.2) is 9.97 Å². The lowest BCUT2D eigenvalue weighted by molar-refractivity contribution is 0.665. The molecule has 0 fully saturated rings. The van der Waals surface area contributed by atoms with Gasteiger partial charge in [-0.05, 0) is 26.3 Å². The molecule has 2 N–H and O–H groups in total. The molecule has 21 heavy (non-hydrogen) atoms. The molecule has 0 unspecified atom stereocenters. The number of aryl methyl sites for hydroxylation is 1. The van der Waals surface area contributed by atoms with E-state index in [0.29, 0.717) is 11.9 Å². The van der Waals surface area contributed by atoms with E-state index in [1.165, 1.54) is 5.56 Å². The minimum atomic E-state index is 0.336. The summed E-state index contributed by atoms with van der Waals surface area (Å²) in [6.45, 7) is 9.20. The van der Waals surface area contributed by atoms with E-state index in [9.17, 15) is 0 Å². The first kappa shape index (κ1) is 15.3. The number of hydrogen-bond acceptors (Lipinski definition) is 4. The largest absolute Gasteiger partial charge is 0.383 e. The fourth-order valence-corrected chi connectivity index (χ4v) is 2.29. The summed E-state index contributed by atoms with van der Waals surface area (Å²) in [6, 6.07) is 10.8. The highest BCUT2D eigenvalue weighted by Crippen LogP contribution is 2.25. The molecule has 0 saturated heterocycles. The van der Waals surface area contributed by atoms with Crippen molar-refractivity contribution in [3.63, 3.8) is 0 Å². The zero-order valence-electron chi connectivity index (χ0n) is 13.3. The predicted octanol–water partition coefficient (Wildman–Crippen LogP) is 3.34. The van der Waals surface area contributed by atoms with Gasteiger partial charge in [0.1, 0.15) is 17.5 Å². The van der Waals surface area contributed by atoms with Crippen molar-refractivity contribution in [3.05, 3.63) is 47.3 Å². The number of hydrogen-bond donors (Lipinski definition) is 1. The molecule has 0 aliphatic heterocycles. The normalized spacial score (nSPS) is 10.9. The van der Waals surface area contributed by atoms with E-state index in [0.717, 1.165) is 30.2 Å². The molecule has 1 aromatic carbocycles. The number of nitrogens with two attached hydrogens (primary N) is 1. The van der Waals surface area contributed by atoms with Crippen LogP contribution in [0, 0.1) is 6.92 Å². The van der Waals surface area contributed by atoms with Gasteiger partial charge in [-0.2, -0.15) is 0 Å². The Balaban J connectivity index is 2.41. The average molecular weight is 284 g/mol. The summed E-state index contributed by atoms with van der Waals surface area (Å²) >= 11 is 0. The van der Waals surface area contributed by atoms with Gasteiger partial charge in [0.25, 0.3) is 0 Å². The molecule has 0 spiro atoms. The maximum atomic E-state index is 6.05. The number of aromatic nitrogens is 2. The van der Waals surface area contributed by atoms with E-state index in [1.807, 2.05) is 19.9 Å². The Kier molecular flexibility index (Phi) is 4.78. The van der Waals surface area contributed by atoms with Crippen LogP contribution in [0.4, 0.5) is 11.6 Å². The molecule has 0 amide bonds. The Morgan fingerprint density at radius 3 is 2.38 bits per heavy atom. The van der Waals surface area contributed by atoms with Crippen molar-refractivity contribution < 1.29 is 0 Å². The summed E-state index contributed by atoms with van der Waals surface area (Å²) in [5, 5.41) is 0. The molecule has 0 aliphatic carbocycles. The number of rotatable bonds is 5. The van der Waals surface area contributed by atoms with Crippen molar-refractivity contribution >= 4 is 11.6 Å². The molecule has 1 aromatic heterocycles. The van der Waals surface area contributed by atoms with Gasteiger partial charge in [0.15, 0.2) is 0 Å². The first-order valence-corrected chi connectivity index (χ1v) is 7.46. The van der Waals surface area contributed by atoms with E-state index in [4.69, 9.17) is 10.7 Å². The summed E-state index contributed by atoms with van der Waals surface area (Å²) < 4.78 is 0. The Morgan fingerprint density at radius 2 is 1.81 bits per heavy atom. The third-order valence-electron chi connectivity index (χ3n) is 3.61. The molecule has 4 nitrogen and oxygen atoms in total. The van der Waals surface area contributed by atoms with Crippen LogP contribution in [-0.2, 0) is 13.0 Å². The van der Waals surface area contributed by atoms with Crippen LogP contribution in [0.5, 0.6) is 0 Å². The highest BCUT2D eigenvalue weighted by molar-refractivity contribution is 5.57. The topological polar surface area (TPSA) is 55.0 Å². The van der Waals surface area contributed by atoms with Gasteiger partial charge in [-0.15, -0.1) is 0 Å². The van der Waals surface area contributed by atoms with Crippen molar-refractivity contribution in [2.24, 2.45) is 0 Å². The van der Waals surface area contributed by atoms with Crippen LogP contribution in [0.15, 0.2) is 30.3 Å². The molecule has 0 aliphatic rings. The third kappa shape index (κ3) is 3.51. The van der Waals surface area contributed by atoms with Crippen LogP contribution in [0.1, 0.15) is 37.7 Å². The molecule has 2 aromatic rings. The quantitative estimate of drug-likeness (QED) is 0.915. The minimum Gasteiger partial charge on any atom is -0.383 e. The number of benzene rings is 1. The maximum Gasteiger partial charge on any atom is 0.137 e. The first-order chi connectivity index (χ1) is 10.0. The second-order valence-corrected chi connectivity index (χ2v) is 5.53. The van der Waals surface area contributed by atoms with Crippen molar-refractivity contribution in [1.82, 2.24) is 9.97 Å². The van der Waals surface area contributed by atoms with Crippen molar-refractivity contribution in [3.8, 4) is 0 Å². The van der Waals surface area contributed by atoms with Crippen molar-refractivity contribution in [2.75, 3.05) is 10.6 Å². The summed E-state index contributed by atoms with van der Waals surface area (Å²) in [7, 11) is 0. The highest BCUT2D eigenvalue weighted by Gasteiger charge is 2.18. The van der Waals surface area contributed by atoms with Crippen LogP contribution in [0.2, 0.25) is 0 Å². The zero-order chi connectivity index (χ0) is 15.4. The SMILES string of the molecule is CCc1nc(N)c(C)c(N(Cc2ccccc2)C(C)C)n1. The number of anilines is 2. The predicted molar refractivity (Wildman–Crippen MR) is 88.3 cm³/mol. The third-order valence-corrected chi connectivity index (χ3v) is 3.61. The maximum absolute atomic E-state index is 6.05. The molecule has 4 heteroatoms. The smallest absolute Gasteiger partial charge is 0.137 e. The van der Waals surface area contributed by atoms with Crippen LogP contribution in [0.3, 0.4) is 0 Å². The van der Waals surface area contributed by atoms with Gasteiger partial charge >= 0.3 is 0 Å². The molecular weight excluding hydrogens is 260 g/mol. The van der Waals surface area contributed by atoms with Gasteiger partial charge in [0.2, 0.25) is 0 Å². The molecule has 0 atom stereocenters. The highest BCUT2D eigenvalue weighted by atomic mass is 15.2. The number of nitrogens with zero attached hydrogens (tertiary/aromatic N) is 3. The van der Waals surface area contributed by atoms with Crippen LogP contribution in [-0.4, -0.2) is 16.0 Å². The molecule has 0 bridgehead atoms. The summed E-state index contributed by atoms with van der Waals surface area (Å²) in [5.41, 5.74) is 8.27. The van der Waals surface area contributed by atoms with E-state index in [-0.39, 0.29) is 0 Å². The van der Waals surface area contributed by atoms with Crippen molar-refractivity contribution in [2.45, 2.75) is 46.7 Å². The van der Waals surface area contributed by atoms with Crippen LogP contribution < -0.4 is 10.6 Å². The summed E-state index contributed by atoms with van der Waals surface area (Å²) in [4.78, 5) is 11.3. The second kappa shape index (κ2) is 6.57. The molecule has 1 heterocycles. The number of nitrogen functional groups attached to an aromatic ring is 1. The van der Waals surface area contributed by atoms with E-state index in [1.54, 1.807) is 0 Å². The molecule has 2 rings (SSSR count). The molecule has 0 radical (unpaired) electrons. The van der Waals surface area contributed by atoms with E-state index < -0.39 is 0 Å². The Bertz CT molecular complexity index is 593. The molecule has 112 valence electrons. The Labute approximate surface area is 127 Å². The van der Waals surface area contributed by atoms with Gasteiger partial charge in [-0.3, -0.25) is 0 Å². The first-order valence-electron chi connectivity index (χ1n) is 7.46. The lowest BCUT2D eigenvalue weighted by atomic mass is 10.1. The van der Waals surface area contributed by atoms with Crippen LogP contribution >= 0.6 is 0 Å². The van der Waals surface area contributed by atoms with Gasteiger partial charge in [-0.1, -0.05) is 37.3 Å². The monoisotopic (exact) mass is 284 g/mol. The fraction of sp³-hybridized carbons (Fsp3) is 0.412. The summed E-state index contributed by atoms with van der Waals surface area (Å²) in [6.07, 6.45) is 0.786. The standard InChI is InChI=1S/C17H24N4/c1-5-15-19-16(18)13(4)17(20-15)21(12(2)3)11-14-9-7-6-8-10-14/h6-10,12H,5,11H2,1-4H3,(H2,18,19,20). The lowest BCUT2D eigenvalue weighted by Gasteiger charge is -2.30. The second-order valence-electron chi connectivity index (χ2n) is 5.53.